The van der Waals surface area contributed by atoms with E-state index in [1.54, 1.807) is 4.68 Å². The Morgan fingerprint density at radius 2 is 1.76 bits per heavy atom. The van der Waals surface area contributed by atoms with Gasteiger partial charge in [0.05, 0.1) is 6.20 Å². The van der Waals surface area contributed by atoms with Gasteiger partial charge in [-0.3, -0.25) is 4.68 Å². The molecule has 2 rings (SSSR count). The van der Waals surface area contributed by atoms with Crippen LogP contribution in [0.1, 0.15) is 32.8 Å². The second-order valence-electron chi connectivity index (χ2n) is 3.72. The fourth-order valence-electron chi connectivity index (χ4n) is 1.61. The van der Waals surface area contributed by atoms with Crippen LogP contribution in [0.3, 0.4) is 0 Å². The summed E-state index contributed by atoms with van der Waals surface area (Å²) >= 11 is 0. The van der Waals surface area contributed by atoms with Crippen molar-refractivity contribution in [3.63, 3.8) is 0 Å². The van der Waals surface area contributed by atoms with E-state index in [1.807, 2.05) is 27.1 Å². The van der Waals surface area contributed by atoms with Crippen LogP contribution in [0.4, 0.5) is 0 Å². The monoisotopic (exact) mass is 231 g/mol. The third-order valence-electron chi connectivity index (χ3n) is 2.39. The molecule has 0 unspecified atom stereocenters. The van der Waals surface area contributed by atoms with Gasteiger partial charge in [-0.1, -0.05) is 56.7 Å². The minimum Gasteiger partial charge on any atom is -0.255 e. The molecule has 17 heavy (non-hydrogen) atoms. The highest BCUT2D eigenvalue weighted by Crippen LogP contribution is 2.16. The van der Waals surface area contributed by atoms with Crippen molar-refractivity contribution in [3.8, 4) is 11.3 Å². The molecule has 0 amide bonds. The van der Waals surface area contributed by atoms with Crippen LogP contribution in [0.5, 0.6) is 0 Å². The van der Waals surface area contributed by atoms with Gasteiger partial charge in [-0.05, 0) is 12.0 Å². The molecule has 3 nitrogen and oxygen atoms in total. The lowest BCUT2D eigenvalue weighted by atomic mass is 10.1. The van der Waals surface area contributed by atoms with Crippen LogP contribution >= 0.6 is 0 Å². The molecule has 0 spiro atoms. The van der Waals surface area contributed by atoms with Crippen molar-refractivity contribution in [2.45, 2.75) is 33.6 Å². The van der Waals surface area contributed by atoms with Crippen LogP contribution in [0, 0.1) is 0 Å². The lowest BCUT2D eigenvalue weighted by Crippen LogP contribution is -1.85. The second kappa shape index (κ2) is 6.84. The topological polar surface area (TPSA) is 30.7 Å². The molecular weight excluding hydrogens is 210 g/mol. The fourth-order valence-corrected chi connectivity index (χ4v) is 1.61. The molecule has 0 aliphatic rings. The molecule has 1 heterocycles. The van der Waals surface area contributed by atoms with E-state index < -0.39 is 0 Å². The van der Waals surface area contributed by atoms with Crippen molar-refractivity contribution < 1.29 is 0 Å². The molecule has 0 atom stereocenters. The van der Waals surface area contributed by atoms with E-state index in [4.69, 9.17) is 0 Å². The molecular formula is C14H21N3. The third-order valence-corrected chi connectivity index (χ3v) is 2.39. The molecule has 0 aliphatic carbocycles. The molecule has 0 saturated heterocycles. The molecule has 0 bridgehead atoms. The Labute approximate surface area is 103 Å². The fraction of sp³-hybridized carbons (Fsp3) is 0.429. The standard InChI is InChI=1S/C12H15N3.C2H6/c1-3-4-10-5-7-11(8-6-10)12-9-15(2)14-13-12;1-2/h5-9H,3-4H2,1-2H3;1-2H3. The van der Waals surface area contributed by atoms with E-state index in [-0.39, 0.29) is 0 Å². The summed E-state index contributed by atoms with van der Waals surface area (Å²) in [5, 5.41) is 7.99. The smallest absolute Gasteiger partial charge is 0.113 e. The first-order valence-electron chi connectivity index (χ1n) is 6.25. The van der Waals surface area contributed by atoms with Crippen molar-refractivity contribution in [3.05, 3.63) is 36.0 Å². The number of aromatic nitrogens is 3. The van der Waals surface area contributed by atoms with Gasteiger partial charge < -0.3 is 0 Å². The summed E-state index contributed by atoms with van der Waals surface area (Å²) < 4.78 is 1.72. The van der Waals surface area contributed by atoms with Crippen molar-refractivity contribution >= 4 is 0 Å². The molecule has 0 fully saturated rings. The first kappa shape index (κ1) is 13.4. The number of rotatable bonds is 3. The molecule has 0 aliphatic heterocycles. The van der Waals surface area contributed by atoms with Gasteiger partial charge in [-0.25, -0.2) is 0 Å². The molecule has 0 saturated carbocycles. The number of benzene rings is 1. The molecule has 3 heteroatoms. The van der Waals surface area contributed by atoms with Crippen LogP contribution in [0.25, 0.3) is 11.3 Å². The zero-order valence-corrected chi connectivity index (χ0v) is 11.1. The van der Waals surface area contributed by atoms with Gasteiger partial charge >= 0.3 is 0 Å². The molecule has 0 radical (unpaired) electrons. The summed E-state index contributed by atoms with van der Waals surface area (Å²) in [6.45, 7) is 6.19. The molecule has 2 aromatic rings. The Kier molecular flexibility index (Phi) is 5.40. The summed E-state index contributed by atoms with van der Waals surface area (Å²) in [7, 11) is 1.88. The van der Waals surface area contributed by atoms with E-state index in [9.17, 15) is 0 Å². The summed E-state index contributed by atoms with van der Waals surface area (Å²) in [5.74, 6) is 0. The Morgan fingerprint density at radius 3 is 2.24 bits per heavy atom. The van der Waals surface area contributed by atoms with Crippen LogP contribution < -0.4 is 0 Å². The van der Waals surface area contributed by atoms with Gasteiger partial charge in [0.25, 0.3) is 0 Å². The molecule has 92 valence electrons. The second-order valence-corrected chi connectivity index (χ2v) is 3.72. The van der Waals surface area contributed by atoms with Crippen molar-refractivity contribution in [1.29, 1.82) is 0 Å². The molecule has 1 aromatic heterocycles. The van der Waals surface area contributed by atoms with E-state index in [0.29, 0.717) is 0 Å². The largest absolute Gasteiger partial charge is 0.255 e. The number of hydrogen-bond acceptors (Lipinski definition) is 2. The number of nitrogens with zero attached hydrogens (tertiary/aromatic N) is 3. The maximum Gasteiger partial charge on any atom is 0.113 e. The van der Waals surface area contributed by atoms with E-state index in [0.717, 1.165) is 17.7 Å². The van der Waals surface area contributed by atoms with Crippen molar-refractivity contribution in [1.82, 2.24) is 15.0 Å². The average molecular weight is 231 g/mol. The summed E-state index contributed by atoms with van der Waals surface area (Å²) in [5.41, 5.74) is 3.44. The van der Waals surface area contributed by atoms with Gasteiger partial charge in [0.1, 0.15) is 5.69 Å². The Balaban J connectivity index is 0.000000686. The Bertz CT molecular complexity index is 429. The van der Waals surface area contributed by atoms with Crippen molar-refractivity contribution in [2.24, 2.45) is 7.05 Å². The van der Waals surface area contributed by atoms with Crippen LogP contribution in [0.2, 0.25) is 0 Å². The zero-order valence-electron chi connectivity index (χ0n) is 11.1. The highest BCUT2D eigenvalue weighted by Gasteiger charge is 2.01. The Morgan fingerprint density at radius 1 is 1.12 bits per heavy atom. The average Bonchev–Trinajstić information content (AvgIpc) is 2.80. The normalized spacial score (nSPS) is 9.65. The lowest BCUT2D eigenvalue weighted by Gasteiger charge is -1.99. The predicted molar refractivity (Wildman–Crippen MR) is 71.8 cm³/mol. The van der Waals surface area contributed by atoms with Gasteiger partial charge in [-0.2, -0.15) is 0 Å². The SMILES string of the molecule is CC.CCCc1ccc(-c2cn(C)nn2)cc1. The highest BCUT2D eigenvalue weighted by atomic mass is 15.4. The van der Waals surface area contributed by atoms with E-state index in [1.165, 1.54) is 12.0 Å². The number of aryl methyl sites for hydroxylation is 2. The van der Waals surface area contributed by atoms with Crippen LogP contribution in [-0.2, 0) is 13.5 Å². The van der Waals surface area contributed by atoms with Crippen LogP contribution in [0.15, 0.2) is 30.5 Å². The summed E-state index contributed by atoms with van der Waals surface area (Å²) in [6.07, 6.45) is 4.25. The van der Waals surface area contributed by atoms with Gasteiger partial charge in [0.2, 0.25) is 0 Å². The first-order chi connectivity index (χ1) is 8.29. The van der Waals surface area contributed by atoms with E-state index >= 15 is 0 Å². The van der Waals surface area contributed by atoms with Gasteiger partial charge in [-0.15, -0.1) is 5.10 Å². The first-order valence-corrected chi connectivity index (χ1v) is 6.25. The lowest BCUT2D eigenvalue weighted by molar-refractivity contribution is 0.715. The quantitative estimate of drug-likeness (QED) is 0.810. The predicted octanol–water partition coefficient (Wildman–Crippen LogP) is 3.46. The van der Waals surface area contributed by atoms with Crippen molar-refractivity contribution in [2.75, 3.05) is 0 Å². The Hall–Kier alpha value is -1.64. The summed E-state index contributed by atoms with van der Waals surface area (Å²) in [6, 6.07) is 8.53. The van der Waals surface area contributed by atoms with E-state index in [2.05, 4.69) is 41.5 Å². The molecule has 1 aromatic carbocycles. The molecule has 0 N–H and O–H groups in total. The minimum absolute atomic E-state index is 0.931. The van der Waals surface area contributed by atoms with Gasteiger partial charge in [0, 0.05) is 12.6 Å². The highest BCUT2D eigenvalue weighted by molar-refractivity contribution is 5.57. The minimum atomic E-state index is 0.931. The maximum absolute atomic E-state index is 4.07. The number of hydrogen-bond donors (Lipinski definition) is 0. The zero-order chi connectivity index (χ0) is 12.7. The third kappa shape index (κ3) is 3.70. The van der Waals surface area contributed by atoms with Gasteiger partial charge in [0.15, 0.2) is 0 Å². The maximum atomic E-state index is 4.07. The van der Waals surface area contributed by atoms with Crippen LogP contribution in [-0.4, -0.2) is 15.0 Å². The summed E-state index contributed by atoms with van der Waals surface area (Å²) in [4.78, 5) is 0.